The molecule has 1 heterocycles. The van der Waals surface area contributed by atoms with E-state index in [0.717, 1.165) is 0 Å². The Balaban J connectivity index is 2.33. The van der Waals surface area contributed by atoms with Gasteiger partial charge in [0.2, 0.25) is 0 Å². The maximum atomic E-state index is 10.5. The fourth-order valence-corrected chi connectivity index (χ4v) is 0.884. The van der Waals surface area contributed by atoms with Crippen molar-refractivity contribution in [2.24, 2.45) is 0 Å². The van der Waals surface area contributed by atoms with Crippen LogP contribution in [0.3, 0.4) is 0 Å². The first-order chi connectivity index (χ1) is 6.74. The minimum absolute atomic E-state index is 0.135. The summed E-state index contributed by atoms with van der Waals surface area (Å²) >= 11 is 0. The van der Waals surface area contributed by atoms with E-state index >= 15 is 0 Å². The summed E-state index contributed by atoms with van der Waals surface area (Å²) in [6, 6.07) is 1.44. The largest absolute Gasteiger partial charge is 0.478 e. The zero-order valence-electron chi connectivity index (χ0n) is 7.86. The highest BCUT2D eigenvalue weighted by atomic mass is 16.5. The standard InChI is InChI=1S/C9H12O5/c1-12-2-3-13-6-8-4-7(5-14-8)9(10)11/h4-5H,2-3,6H2,1H3,(H,10,11). The Morgan fingerprint density at radius 3 is 2.93 bits per heavy atom. The number of furan rings is 1. The average molecular weight is 200 g/mol. The van der Waals surface area contributed by atoms with Gasteiger partial charge in [-0.1, -0.05) is 0 Å². The Labute approximate surface area is 81.2 Å². The Morgan fingerprint density at radius 1 is 1.57 bits per heavy atom. The van der Waals surface area contributed by atoms with Gasteiger partial charge in [0.15, 0.2) is 0 Å². The van der Waals surface area contributed by atoms with Gasteiger partial charge in [-0.15, -0.1) is 0 Å². The Kier molecular flexibility index (Phi) is 4.15. The first-order valence-corrected chi connectivity index (χ1v) is 4.11. The quantitative estimate of drug-likeness (QED) is 0.697. The van der Waals surface area contributed by atoms with E-state index in [4.69, 9.17) is 19.0 Å². The SMILES string of the molecule is COCCOCc1cc(C(=O)O)co1. The predicted molar refractivity (Wildman–Crippen MR) is 47.2 cm³/mol. The topological polar surface area (TPSA) is 68.9 Å². The summed E-state index contributed by atoms with van der Waals surface area (Å²) in [7, 11) is 1.58. The van der Waals surface area contributed by atoms with Crippen molar-refractivity contribution >= 4 is 5.97 Å². The molecule has 0 atom stereocenters. The molecule has 0 aliphatic heterocycles. The average Bonchev–Trinajstić information content (AvgIpc) is 2.61. The van der Waals surface area contributed by atoms with Crippen molar-refractivity contribution in [2.45, 2.75) is 6.61 Å². The van der Waals surface area contributed by atoms with Crippen LogP contribution >= 0.6 is 0 Å². The van der Waals surface area contributed by atoms with Crippen LogP contribution in [0.2, 0.25) is 0 Å². The summed E-state index contributed by atoms with van der Waals surface area (Å²) in [4.78, 5) is 10.5. The summed E-state index contributed by atoms with van der Waals surface area (Å²) in [6.45, 7) is 1.22. The zero-order chi connectivity index (χ0) is 10.4. The lowest BCUT2D eigenvalue weighted by Gasteiger charge is -1.99. The molecular formula is C9H12O5. The normalized spacial score (nSPS) is 10.4. The summed E-state index contributed by atoms with van der Waals surface area (Å²) in [6.07, 6.45) is 1.19. The van der Waals surface area contributed by atoms with E-state index in [1.54, 1.807) is 7.11 Å². The highest BCUT2D eigenvalue weighted by Gasteiger charge is 2.07. The van der Waals surface area contributed by atoms with Crippen LogP contribution in [0.15, 0.2) is 16.7 Å². The number of aromatic carboxylic acids is 1. The maximum Gasteiger partial charge on any atom is 0.338 e. The molecule has 1 rings (SSSR count). The summed E-state index contributed by atoms with van der Waals surface area (Å²) in [5.41, 5.74) is 0.135. The predicted octanol–water partition coefficient (Wildman–Crippen LogP) is 1.14. The lowest BCUT2D eigenvalue weighted by Crippen LogP contribution is -2.01. The number of rotatable bonds is 6. The Hall–Kier alpha value is -1.33. The van der Waals surface area contributed by atoms with E-state index in [1.165, 1.54) is 12.3 Å². The molecule has 1 N–H and O–H groups in total. The molecule has 1 aromatic rings. The van der Waals surface area contributed by atoms with Crippen molar-refractivity contribution in [3.05, 3.63) is 23.7 Å². The second-order valence-electron chi connectivity index (χ2n) is 2.65. The molecule has 5 nitrogen and oxygen atoms in total. The molecule has 78 valence electrons. The van der Waals surface area contributed by atoms with Gasteiger partial charge in [-0.25, -0.2) is 4.79 Å². The summed E-state index contributed by atoms with van der Waals surface area (Å²) in [5.74, 6) is -0.504. The van der Waals surface area contributed by atoms with E-state index in [-0.39, 0.29) is 12.2 Å². The number of methoxy groups -OCH3 is 1. The number of ether oxygens (including phenoxy) is 2. The molecule has 0 unspecified atom stereocenters. The second-order valence-corrected chi connectivity index (χ2v) is 2.65. The van der Waals surface area contributed by atoms with Crippen LogP contribution in [0.4, 0.5) is 0 Å². The summed E-state index contributed by atoms with van der Waals surface area (Å²) in [5, 5.41) is 8.59. The lowest BCUT2D eigenvalue weighted by molar-refractivity contribution is 0.0538. The molecule has 0 aromatic carbocycles. The van der Waals surface area contributed by atoms with Crippen LogP contribution in [0.25, 0.3) is 0 Å². The maximum absolute atomic E-state index is 10.5. The summed E-state index contributed by atoms with van der Waals surface area (Å²) < 4.78 is 14.9. The molecule has 0 aliphatic carbocycles. The molecule has 0 radical (unpaired) electrons. The van der Waals surface area contributed by atoms with Gasteiger partial charge < -0.3 is 19.0 Å². The second kappa shape index (κ2) is 5.41. The van der Waals surface area contributed by atoms with E-state index < -0.39 is 5.97 Å². The van der Waals surface area contributed by atoms with Crippen molar-refractivity contribution in [3.63, 3.8) is 0 Å². The van der Waals surface area contributed by atoms with E-state index in [1.807, 2.05) is 0 Å². The van der Waals surface area contributed by atoms with Crippen molar-refractivity contribution in [1.29, 1.82) is 0 Å². The van der Waals surface area contributed by atoms with Crippen molar-refractivity contribution in [3.8, 4) is 0 Å². The molecule has 5 heteroatoms. The lowest BCUT2D eigenvalue weighted by atomic mass is 10.3. The molecule has 1 aromatic heterocycles. The van der Waals surface area contributed by atoms with Crippen LogP contribution < -0.4 is 0 Å². The Bertz CT molecular complexity index is 291. The number of carboxylic acid groups (broad SMARTS) is 1. The number of carbonyl (C=O) groups is 1. The van der Waals surface area contributed by atoms with Crippen molar-refractivity contribution in [1.82, 2.24) is 0 Å². The van der Waals surface area contributed by atoms with Gasteiger partial charge in [0.05, 0.1) is 18.8 Å². The van der Waals surface area contributed by atoms with Gasteiger partial charge in [-0.3, -0.25) is 0 Å². The fourth-order valence-electron chi connectivity index (χ4n) is 0.884. The third-order valence-electron chi connectivity index (χ3n) is 1.58. The first-order valence-electron chi connectivity index (χ1n) is 4.11. The number of carboxylic acids is 1. The van der Waals surface area contributed by atoms with Gasteiger partial charge >= 0.3 is 5.97 Å². The Morgan fingerprint density at radius 2 is 2.36 bits per heavy atom. The van der Waals surface area contributed by atoms with Gasteiger partial charge in [0, 0.05) is 7.11 Å². The van der Waals surface area contributed by atoms with Crippen LogP contribution in [0.5, 0.6) is 0 Å². The number of hydrogen-bond acceptors (Lipinski definition) is 4. The molecule has 0 saturated carbocycles. The third-order valence-corrected chi connectivity index (χ3v) is 1.58. The van der Waals surface area contributed by atoms with Crippen molar-refractivity contribution in [2.75, 3.05) is 20.3 Å². The molecule has 0 spiro atoms. The molecule has 0 bridgehead atoms. The van der Waals surface area contributed by atoms with E-state index in [9.17, 15) is 4.79 Å². The first kappa shape index (κ1) is 10.7. The smallest absolute Gasteiger partial charge is 0.338 e. The highest BCUT2D eigenvalue weighted by molar-refractivity contribution is 5.87. The van der Waals surface area contributed by atoms with Crippen LogP contribution in [-0.4, -0.2) is 31.4 Å². The number of hydrogen-bond donors (Lipinski definition) is 1. The van der Waals surface area contributed by atoms with Gasteiger partial charge in [0.1, 0.15) is 18.6 Å². The molecular weight excluding hydrogens is 188 g/mol. The zero-order valence-corrected chi connectivity index (χ0v) is 7.86. The van der Waals surface area contributed by atoms with Crippen LogP contribution in [0, 0.1) is 0 Å². The van der Waals surface area contributed by atoms with Crippen LogP contribution in [0.1, 0.15) is 16.1 Å². The van der Waals surface area contributed by atoms with Crippen LogP contribution in [-0.2, 0) is 16.1 Å². The van der Waals surface area contributed by atoms with Gasteiger partial charge in [0.25, 0.3) is 0 Å². The molecule has 0 fully saturated rings. The third kappa shape index (κ3) is 3.20. The van der Waals surface area contributed by atoms with Crippen molar-refractivity contribution < 1.29 is 23.8 Å². The van der Waals surface area contributed by atoms with E-state index in [2.05, 4.69) is 0 Å². The highest BCUT2D eigenvalue weighted by Crippen LogP contribution is 2.08. The van der Waals surface area contributed by atoms with Gasteiger partial charge in [-0.05, 0) is 6.07 Å². The fraction of sp³-hybridized carbons (Fsp3) is 0.444. The minimum atomic E-state index is -1.00. The molecule has 0 aliphatic rings. The van der Waals surface area contributed by atoms with E-state index in [0.29, 0.717) is 19.0 Å². The van der Waals surface area contributed by atoms with Gasteiger partial charge in [-0.2, -0.15) is 0 Å². The molecule has 14 heavy (non-hydrogen) atoms. The monoisotopic (exact) mass is 200 g/mol. The molecule has 0 saturated heterocycles. The minimum Gasteiger partial charge on any atom is -0.478 e. The molecule has 0 amide bonds.